The second kappa shape index (κ2) is 6.80. The van der Waals surface area contributed by atoms with Gasteiger partial charge in [-0.3, -0.25) is 0 Å². The van der Waals surface area contributed by atoms with E-state index < -0.39 is 6.43 Å². The molecule has 0 saturated heterocycles. The van der Waals surface area contributed by atoms with Crippen LogP contribution in [0, 0.1) is 11.3 Å². The van der Waals surface area contributed by atoms with Crippen LogP contribution in [-0.4, -0.2) is 44.0 Å². The van der Waals surface area contributed by atoms with Gasteiger partial charge in [0.05, 0.1) is 6.54 Å². The maximum absolute atomic E-state index is 12.4. The molecule has 0 aliphatic heterocycles. The van der Waals surface area contributed by atoms with E-state index in [-0.39, 0.29) is 12.0 Å². The Morgan fingerprint density at radius 3 is 2.61 bits per heavy atom. The molecular weight excluding hydrogens is 234 g/mol. The minimum Gasteiger partial charge on any atom is -0.313 e. The predicted octanol–water partition coefficient (Wildman–Crippen LogP) is 2.99. The molecule has 1 saturated carbocycles. The normalized spacial score (nSPS) is 27.3. The third-order valence-electron chi connectivity index (χ3n) is 4.08. The van der Waals surface area contributed by atoms with Crippen molar-refractivity contribution in [1.82, 2.24) is 10.2 Å². The van der Waals surface area contributed by atoms with Crippen molar-refractivity contribution in [2.75, 3.05) is 26.7 Å². The van der Waals surface area contributed by atoms with Gasteiger partial charge in [0.2, 0.25) is 0 Å². The van der Waals surface area contributed by atoms with E-state index in [0.29, 0.717) is 12.0 Å². The molecule has 4 heteroatoms. The van der Waals surface area contributed by atoms with Gasteiger partial charge in [0, 0.05) is 12.6 Å². The smallest absolute Gasteiger partial charge is 0.251 e. The molecule has 1 N–H and O–H groups in total. The lowest BCUT2D eigenvalue weighted by molar-refractivity contribution is 0.0886. The van der Waals surface area contributed by atoms with E-state index in [1.54, 1.807) is 11.9 Å². The fourth-order valence-electron chi connectivity index (χ4n) is 3.17. The van der Waals surface area contributed by atoms with Crippen LogP contribution in [0.15, 0.2) is 0 Å². The molecule has 0 heterocycles. The number of nitrogens with one attached hydrogen (secondary N) is 1. The lowest BCUT2D eigenvalue weighted by Gasteiger charge is -2.33. The zero-order valence-corrected chi connectivity index (χ0v) is 12.2. The standard InChI is InChI=1S/C14H28F2N2/c1-5-8-17-13-11(6-7-14(13,2)3)9-18(4)10-12(15)16/h11-13,17H,5-10H2,1-4H3. The van der Waals surface area contributed by atoms with Gasteiger partial charge in [0.1, 0.15) is 0 Å². The van der Waals surface area contributed by atoms with Crippen molar-refractivity contribution in [2.45, 2.75) is 52.5 Å². The monoisotopic (exact) mass is 262 g/mol. The van der Waals surface area contributed by atoms with E-state index >= 15 is 0 Å². The van der Waals surface area contributed by atoms with Crippen molar-refractivity contribution < 1.29 is 8.78 Å². The molecule has 0 bridgehead atoms. The number of hydrogen-bond donors (Lipinski definition) is 1. The van der Waals surface area contributed by atoms with Crippen molar-refractivity contribution >= 4 is 0 Å². The molecule has 0 aromatic carbocycles. The van der Waals surface area contributed by atoms with Crippen LogP contribution in [0.4, 0.5) is 8.78 Å². The Balaban J connectivity index is 2.52. The molecule has 0 spiro atoms. The largest absolute Gasteiger partial charge is 0.313 e. The summed E-state index contributed by atoms with van der Waals surface area (Å²) in [6.45, 7) is 8.41. The van der Waals surface area contributed by atoms with Gasteiger partial charge in [-0.05, 0) is 44.2 Å². The molecule has 1 aliphatic carbocycles. The van der Waals surface area contributed by atoms with Crippen LogP contribution in [0.2, 0.25) is 0 Å². The van der Waals surface area contributed by atoms with E-state index in [0.717, 1.165) is 25.9 Å². The van der Waals surface area contributed by atoms with Crippen molar-refractivity contribution in [3.63, 3.8) is 0 Å². The molecule has 18 heavy (non-hydrogen) atoms. The Hall–Kier alpha value is -0.220. The number of alkyl halides is 2. The van der Waals surface area contributed by atoms with Gasteiger partial charge < -0.3 is 10.2 Å². The van der Waals surface area contributed by atoms with Crippen LogP contribution in [0.1, 0.15) is 40.0 Å². The van der Waals surface area contributed by atoms with Gasteiger partial charge in [-0.2, -0.15) is 0 Å². The molecule has 0 aromatic heterocycles. The zero-order chi connectivity index (χ0) is 13.8. The van der Waals surface area contributed by atoms with Crippen molar-refractivity contribution in [1.29, 1.82) is 0 Å². The summed E-state index contributed by atoms with van der Waals surface area (Å²) in [5.74, 6) is 0.496. The highest BCUT2D eigenvalue weighted by Crippen LogP contribution is 2.41. The van der Waals surface area contributed by atoms with E-state index in [1.807, 2.05) is 0 Å². The molecule has 1 fully saturated rings. The van der Waals surface area contributed by atoms with Gasteiger partial charge in [-0.1, -0.05) is 20.8 Å². The first-order valence-electron chi connectivity index (χ1n) is 7.07. The van der Waals surface area contributed by atoms with Crippen LogP contribution in [0.3, 0.4) is 0 Å². The SMILES string of the molecule is CCCNC1C(CN(C)CC(F)F)CCC1(C)C. The second-order valence-corrected chi connectivity index (χ2v) is 6.33. The lowest BCUT2D eigenvalue weighted by Crippen LogP contribution is -2.46. The van der Waals surface area contributed by atoms with Crippen molar-refractivity contribution in [2.24, 2.45) is 11.3 Å². The molecule has 1 rings (SSSR count). The summed E-state index contributed by atoms with van der Waals surface area (Å²) >= 11 is 0. The van der Waals surface area contributed by atoms with Crippen molar-refractivity contribution in [3.05, 3.63) is 0 Å². The molecule has 0 aromatic rings. The Bertz CT molecular complexity index is 244. The van der Waals surface area contributed by atoms with Gasteiger partial charge in [0.25, 0.3) is 6.43 Å². The van der Waals surface area contributed by atoms with Crippen LogP contribution < -0.4 is 5.32 Å². The van der Waals surface area contributed by atoms with E-state index in [9.17, 15) is 8.78 Å². The molecule has 2 unspecified atom stereocenters. The van der Waals surface area contributed by atoms with Gasteiger partial charge in [0.15, 0.2) is 0 Å². The third kappa shape index (κ3) is 4.47. The molecule has 1 aliphatic rings. The summed E-state index contributed by atoms with van der Waals surface area (Å²) in [7, 11) is 1.80. The maximum Gasteiger partial charge on any atom is 0.251 e. The first kappa shape index (κ1) is 15.8. The zero-order valence-electron chi connectivity index (χ0n) is 12.2. The average Bonchev–Trinajstić information content (AvgIpc) is 2.50. The van der Waals surface area contributed by atoms with Crippen molar-refractivity contribution in [3.8, 4) is 0 Å². The molecule has 2 atom stereocenters. The van der Waals surface area contributed by atoms with Gasteiger partial charge in [-0.15, -0.1) is 0 Å². The molecule has 0 amide bonds. The highest BCUT2D eigenvalue weighted by atomic mass is 19.3. The van der Waals surface area contributed by atoms with Gasteiger partial charge >= 0.3 is 0 Å². The fraction of sp³-hybridized carbons (Fsp3) is 1.00. The maximum atomic E-state index is 12.4. The summed E-state index contributed by atoms with van der Waals surface area (Å²) in [4.78, 5) is 1.78. The average molecular weight is 262 g/mol. The number of halogens is 2. The number of hydrogen-bond acceptors (Lipinski definition) is 2. The fourth-order valence-corrected chi connectivity index (χ4v) is 3.17. The Kier molecular flexibility index (Phi) is 5.99. The molecule has 0 radical (unpaired) electrons. The van der Waals surface area contributed by atoms with Crippen LogP contribution in [0.5, 0.6) is 0 Å². The Morgan fingerprint density at radius 1 is 1.39 bits per heavy atom. The van der Waals surface area contributed by atoms with Crippen LogP contribution in [-0.2, 0) is 0 Å². The summed E-state index contributed by atoms with van der Waals surface area (Å²) < 4.78 is 24.7. The first-order chi connectivity index (χ1) is 8.36. The predicted molar refractivity (Wildman–Crippen MR) is 72.1 cm³/mol. The summed E-state index contributed by atoms with van der Waals surface area (Å²) in [6, 6.07) is 0.456. The van der Waals surface area contributed by atoms with Crippen LogP contribution >= 0.6 is 0 Å². The summed E-state index contributed by atoms with van der Waals surface area (Å²) in [6.07, 6.45) is 1.21. The topological polar surface area (TPSA) is 15.3 Å². The van der Waals surface area contributed by atoms with Gasteiger partial charge in [-0.25, -0.2) is 8.78 Å². The lowest BCUT2D eigenvalue weighted by atomic mass is 9.84. The molecule has 108 valence electrons. The minimum atomic E-state index is -2.23. The highest BCUT2D eigenvalue weighted by molar-refractivity contribution is 4.96. The molecular formula is C14H28F2N2. The van der Waals surface area contributed by atoms with E-state index in [1.165, 1.54) is 6.42 Å². The second-order valence-electron chi connectivity index (χ2n) is 6.33. The Labute approximate surface area is 110 Å². The summed E-state index contributed by atoms with van der Waals surface area (Å²) in [5, 5.41) is 3.62. The van der Waals surface area contributed by atoms with E-state index in [4.69, 9.17) is 0 Å². The third-order valence-corrected chi connectivity index (χ3v) is 4.08. The Morgan fingerprint density at radius 2 is 2.06 bits per heavy atom. The first-order valence-corrected chi connectivity index (χ1v) is 7.07. The highest BCUT2D eigenvalue weighted by Gasteiger charge is 2.41. The quantitative estimate of drug-likeness (QED) is 0.759. The van der Waals surface area contributed by atoms with E-state index in [2.05, 4.69) is 26.1 Å². The number of nitrogens with zero attached hydrogens (tertiary/aromatic N) is 1. The van der Waals surface area contributed by atoms with Crippen LogP contribution in [0.25, 0.3) is 0 Å². The molecule has 2 nitrogen and oxygen atoms in total. The summed E-state index contributed by atoms with van der Waals surface area (Å²) in [5.41, 5.74) is 0.283. The minimum absolute atomic E-state index is 0.114. The number of rotatable bonds is 7.